The zero-order chi connectivity index (χ0) is 18.7. The smallest absolute Gasteiger partial charge is 0.204 e. The lowest BCUT2D eigenvalue weighted by molar-refractivity contribution is 0.112. The highest BCUT2D eigenvalue weighted by molar-refractivity contribution is 9.10. The standard InChI is InChI=1S/C19H17BrN2O4/c1-24-16-8-12(10-23)17(19(26-3)18(16)25-2)15-9-22(11-21-15)14-6-4-13(20)5-7-14/h4-11H,1-3H3. The second-order valence-electron chi connectivity index (χ2n) is 5.37. The van der Waals surface area contributed by atoms with Gasteiger partial charge in [0.1, 0.15) is 0 Å². The van der Waals surface area contributed by atoms with Gasteiger partial charge in [0.25, 0.3) is 0 Å². The van der Waals surface area contributed by atoms with Gasteiger partial charge in [0, 0.05) is 21.9 Å². The number of ether oxygens (including phenoxy) is 3. The topological polar surface area (TPSA) is 62.6 Å². The van der Waals surface area contributed by atoms with E-state index < -0.39 is 0 Å². The number of carbonyl (C=O) groups is 1. The molecule has 0 spiro atoms. The summed E-state index contributed by atoms with van der Waals surface area (Å²) >= 11 is 3.42. The number of hydrogen-bond donors (Lipinski definition) is 0. The molecule has 6 nitrogen and oxygen atoms in total. The predicted molar refractivity (Wildman–Crippen MR) is 102 cm³/mol. The van der Waals surface area contributed by atoms with Crippen molar-refractivity contribution in [2.45, 2.75) is 0 Å². The van der Waals surface area contributed by atoms with Gasteiger partial charge in [-0.2, -0.15) is 0 Å². The molecule has 7 heteroatoms. The van der Waals surface area contributed by atoms with Crippen LogP contribution >= 0.6 is 15.9 Å². The normalized spacial score (nSPS) is 10.5. The van der Waals surface area contributed by atoms with Gasteiger partial charge in [-0.25, -0.2) is 4.98 Å². The average molecular weight is 417 g/mol. The Morgan fingerprint density at radius 2 is 1.73 bits per heavy atom. The Kier molecular flexibility index (Phi) is 5.27. The number of aldehydes is 1. The number of carbonyl (C=O) groups excluding carboxylic acids is 1. The third-order valence-corrected chi connectivity index (χ3v) is 4.48. The monoisotopic (exact) mass is 416 g/mol. The van der Waals surface area contributed by atoms with Crippen LogP contribution in [-0.4, -0.2) is 37.2 Å². The van der Waals surface area contributed by atoms with Crippen LogP contribution in [0.15, 0.2) is 47.3 Å². The minimum absolute atomic E-state index is 0.398. The summed E-state index contributed by atoms with van der Waals surface area (Å²) < 4.78 is 19.1. The van der Waals surface area contributed by atoms with Gasteiger partial charge in [-0.1, -0.05) is 15.9 Å². The maximum atomic E-state index is 11.7. The average Bonchev–Trinajstić information content (AvgIpc) is 3.16. The molecule has 3 aromatic rings. The van der Waals surface area contributed by atoms with Crippen LogP contribution in [0.5, 0.6) is 17.2 Å². The molecule has 26 heavy (non-hydrogen) atoms. The fourth-order valence-corrected chi connectivity index (χ4v) is 3.00. The van der Waals surface area contributed by atoms with E-state index in [2.05, 4.69) is 20.9 Å². The number of rotatable bonds is 6. The van der Waals surface area contributed by atoms with Crippen molar-refractivity contribution in [2.24, 2.45) is 0 Å². The summed E-state index contributed by atoms with van der Waals surface area (Å²) in [6.07, 6.45) is 4.27. The number of methoxy groups -OCH3 is 3. The van der Waals surface area contributed by atoms with E-state index >= 15 is 0 Å². The Labute approximate surface area is 159 Å². The van der Waals surface area contributed by atoms with Crippen molar-refractivity contribution in [3.63, 3.8) is 0 Å². The van der Waals surface area contributed by atoms with Crippen LogP contribution in [-0.2, 0) is 0 Å². The van der Waals surface area contributed by atoms with Gasteiger partial charge >= 0.3 is 0 Å². The number of imidazole rings is 1. The molecule has 0 saturated heterocycles. The Hall–Kier alpha value is -2.80. The van der Waals surface area contributed by atoms with Crippen LogP contribution in [0.25, 0.3) is 16.9 Å². The molecule has 0 radical (unpaired) electrons. The first-order chi connectivity index (χ1) is 12.6. The van der Waals surface area contributed by atoms with Crippen LogP contribution in [0.1, 0.15) is 10.4 Å². The van der Waals surface area contributed by atoms with E-state index in [9.17, 15) is 4.79 Å². The van der Waals surface area contributed by atoms with Gasteiger partial charge in [0.2, 0.25) is 5.75 Å². The molecule has 0 aliphatic carbocycles. The lowest BCUT2D eigenvalue weighted by Gasteiger charge is -2.16. The van der Waals surface area contributed by atoms with Crippen molar-refractivity contribution in [2.75, 3.05) is 21.3 Å². The number of halogens is 1. The Balaban J connectivity index is 2.17. The lowest BCUT2D eigenvalue weighted by Crippen LogP contribution is -2.00. The van der Waals surface area contributed by atoms with Crippen molar-refractivity contribution in [1.82, 2.24) is 9.55 Å². The first-order valence-corrected chi connectivity index (χ1v) is 8.50. The Morgan fingerprint density at radius 1 is 1.04 bits per heavy atom. The summed E-state index contributed by atoms with van der Waals surface area (Å²) in [6.45, 7) is 0. The van der Waals surface area contributed by atoms with E-state index in [-0.39, 0.29) is 0 Å². The molecule has 3 rings (SSSR count). The Bertz CT molecular complexity index is 935. The summed E-state index contributed by atoms with van der Waals surface area (Å²) in [5.74, 6) is 1.23. The molecule has 0 atom stereocenters. The predicted octanol–water partition coefficient (Wildman–Crippen LogP) is 4.14. The molecule has 0 unspecified atom stereocenters. The first-order valence-electron chi connectivity index (χ1n) is 7.71. The maximum Gasteiger partial charge on any atom is 0.204 e. The van der Waals surface area contributed by atoms with Crippen molar-refractivity contribution < 1.29 is 19.0 Å². The Morgan fingerprint density at radius 3 is 2.31 bits per heavy atom. The fourth-order valence-electron chi connectivity index (χ4n) is 2.74. The molecule has 0 saturated carbocycles. The summed E-state index contributed by atoms with van der Waals surface area (Å²) in [5.41, 5.74) is 2.49. The van der Waals surface area contributed by atoms with Gasteiger partial charge in [-0.3, -0.25) is 4.79 Å². The van der Waals surface area contributed by atoms with Gasteiger partial charge in [0.05, 0.1) is 38.9 Å². The van der Waals surface area contributed by atoms with Crippen molar-refractivity contribution >= 4 is 22.2 Å². The molecule has 0 N–H and O–H groups in total. The molecular formula is C19H17BrN2O4. The number of benzene rings is 2. The number of hydrogen-bond acceptors (Lipinski definition) is 5. The van der Waals surface area contributed by atoms with Crippen LogP contribution in [0.3, 0.4) is 0 Å². The molecule has 0 aliphatic heterocycles. The van der Waals surface area contributed by atoms with Crippen LogP contribution in [0.2, 0.25) is 0 Å². The van der Waals surface area contributed by atoms with E-state index in [1.807, 2.05) is 35.0 Å². The zero-order valence-corrected chi connectivity index (χ0v) is 16.1. The second-order valence-corrected chi connectivity index (χ2v) is 6.29. The van der Waals surface area contributed by atoms with E-state index in [0.29, 0.717) is 34.1 Å². The summed E-state index contributed by atoms with van der Waals surface area (Å²) in [4.78, 5) is 16.1. The maximum absolute atomic E-state index is 11.7. The fraction of sp³-hybridized carbons (Fsp3) is 0.158. The highest BCUT2D eigenvalue weighted by Crippen LogP contribution is 2.45. The highest BCUT2D eigenvalue weighted by atomic mass is 79.9. The lowest BCUT2D eigenvalue weighted by atomic mass is 10.0. The van der Waals surface area contributed by atoms with Crippen LogP contribution in [0.4, 0.5) is 0 Å². The molecule has 0 aliphatic rings. The van der Waals surface area contributed by atoms with E-state index in [1.54, 1.807) is 12.4 Å². The van der Waals surface area contributed by atoms with Gasteiger partial charge in [0.15, 0.2) is 17.8 Å². The van der Waals surface area contributed by atoms with Gasteiger partial charge < -0.3 is 18.8 Å². The van der Waals surface area contributed by atoms with E-state index in [4.69, 9.17) is 14.2 Å². The molecule has 1 aromatic heterocycles. The number of aromatic nitrogens is 2. The van der Waals surface area contributed by atoms with Crippen LogP contribution < -0.4 is 14.2 Å². The van der Waals surface area contributed by atoms with Crippen molar-refractivity contribution in [1.29, 1.82) is 0 Å². The summed E-state index contributed by atoms with van der Waals surface area (Å²) in [7, 11) is 4.54. The van der Waals surface area contributed by atoms with Gasteiger partial charge in [-0.05, 0) is 30.3 Å². The zero-order valence-electron chi connectivity index (χ0n) is 14.5. The largest absolute Gasteiger partial charge is 0.493 e. The third kappa shape index (κ3) is 3.17. The molecule has 0 fully saturated rings. The van der Waals surface area contributed by atoms with Crippen molar-refractivity contribution in [3.05, 3.63) is 52.9 Å². The minimum Gasteiger partial charge on any atom is -0.493 e. The van der Waals surface area contributed by atoms with Crippen molar-refractivity contribution in [3.8, 4) is 34.2 Å². The minimum atomic E-state index is 0.398. The molecular weight excluding hydrogens is 400 g/mol. The summed E-state index contributed by atoms with van der Waals surface area (Å²) in [6, 6.07) is 9.43. The van der Waals surface area contributed by atoms with E-state index in [1.165, 1.54) is 21.3 Å². The first kappa shape index (κ1) is 18.0. The third-order valence-electron chi connectivity index (χ3n) is 3.95. The molecule has 1 heterocycles. The second kappa shape index (κ2) is 7.61. The number of nitrogens with zero attached hydrogens (tertiary/aromatic N) is 2. The molecule has 2 aromatic carbocycles. The molecule has 134 valence electrons. The summed E-state index contributed by atoms with van der Waals surface area (Å²) in [5, 5.41) is 0. The van der Waals surface area contributed by atoms with E-state index in [0.717, 1.165) is 16.4 Å². The van der Waals surface area contributed by atoms with Gasteiger partial charge in [-0.15, -0.1) is 0 Å². The molecule has 0 bridgehead atoms. The highest BCUT2D eigenvalue weighted by Gasteiger charge is 2.23. The SMILES string of the molecule is COc1cc(C=O)c(-c2cn(-c3ccc(Br)cc3)cn2)c(OC)c1OC. The molecule has 0 amide bonds. The van der Waals surface area contributed by atoms with Crippen LogP contribution in [0, 0.1) is 0 Å². The quantitative estimate of drug-likeness (QED) is 0.565.